The van der Waals surface area contributed by atoms with E-state index in [-0.39, 0.29) is 18.0 Å². The zero-order chi connectivity index (χ0) is 23.2. The van der Waals surface area contributed by atoms with Crippen molar-refractivity contribution in [3.63, 3.8) is 0 Å². The van der Waals surface area contributed by atoms with Crippen LogP contribution in [0.15, 0.2) is 83.6 Å². The lowest BCUT2D eigenvalue weighted by Crippen LogP contribution is -2.30. The molecule has 33 heavy (non-hydrogen) atoms. The van der Waals surface area contributed by atoms with Crippen LogP contribution in [0.1, 0.15) is 16.1 Å². The number of hydrogen-bond donors (Lipinski definition) is 0. The van der Waals surface area contributed by atoms with Crippen LogP contribution < -0.4 is 4.74 Å². The minimum atomic E-state index is -0.644. The summed E-state index contributed by atoms with van der Waals surface area (Å²) in [7, 11) is 3.19. The van der Waals surface area contributed by atoms with Crippen LogP contribution in [0.4, 0.5) is 0 Å². The van der Waals surface area contributed by atoms with Crippen LogP contribution in [0.5, 0.6) is 5.75 Å². The quantitative estimate of drug-likeness (QED) is 0.382. The summed E-state index contributed by atoms with van der Waals surface area (Å²) in [6.07, 6.45) is 3.14. The third kappa shape index (κ3) is 5.12. The maximum Gasteiger partial charge on any atom is 0.342 e. The van der Waals surface area contributed by atoms with Gasteiger partial charge in [-0.25, -0.2) is 9.48 Å². The first-order chi connectivity index (χ1) is 16.0. The number of hydrogen-bond acceptors (Lipinski definition) is 6. The number of likely N-dealkylation sites (N-methyl/N-ethyl adjacent to an activating group) is 1. The summed E-state index contributed by atoms with van der Waals surface area (Å²) in [4.78, 5) is 26.9. The van der Waals surface area contributed by atoms with Gasteiger partial charge in [0.1, 0.15) is 22.8 Å². The Morgan fingerprint density at radius 3 is 2.61 bits per heavy atom. The number of benzene rings is 2. The van der Waals surface area contributed by atoms with Gasteiger partial charge < -0.3 is 18.8 Å². The second kappa shape index (κ2) is 9.86. The van der Waals surface area contributed by atoms with Crippen molar-refractivity contribution in [3.8, 4) is 22.7 Å². The van der Waals surface area contributed by atoms with E-state index in [4.69, 9.17) is 13.9 Å². The van der Waals surface area contributed by atoms with Crippen LogP contribution in [0.2, 0.25) is 0 Å². The fourth-order valence-electron chi connectivity index (χ4n) is 3.26. The first kappa shape index (κ1) is 21.9. The van der Waals surface area contributed by atoms with Gasteiger partial charge in [0.2, 0.25) is 0 Å². The van der Waals surface area contributed by atoms with Gasteiger partial charge in [-0.1, -0.05) is 30.3 Å². The number of carbonyl (C=O) groups is 2. The van der Waals surface area contributed by atoms with Gasteiger partial charge >= 0.3 is 5.97 Å². The number of aromatic nitrogens is 2. The van der Waals surface area contributed by atoms with E-state index >= 15 is 0 Å². The molecule has 0 saturated carbocycles. The van der Waals surface area contributed by atoms with Gasteiger partial charge in [0.25, 0.3) is 5.91 Å². The number of nitrogens with zero attached hydrogens (tertiary/aromatic N) is 3. The SMILES string of the molecule is COc1cccc(-c2nn(-c3ccccc3)cc2C(=O)OCC(=O)N(C)Cc2ccco2)c1. The van der Waals surface area contributed by atoms with Gasteiger partial charge in [0.05, 0.1) is 25.6 Å². The fraction of sp³-hybridized carbons (Fsp3) is 0.160. The largest absolute Gasteiger partial charge is 0.497 e. The van der Waals surface area contributed by atoms with Crippen molar-refractivity contribution in [2.24, 2.45) is 0 Å². The second-order valence-corrected chi connectivity index (χ2v) is 7.31. The monoisotopic (exact) mass is 445 g/mol. The van der Waals surface area contributed by atoms with Gasteiger partial charge in [0, 0.05) is 18.8 Å². The van der Waals surface area contributed by atoms with Crippen molar-refractivity contribution in [1.29, 1.82) is 0 Å². The first-order valence-corrected chi connectivity index (χ1v) is 10.3. The van der Waals surface area contributed by atoms with E-state index in [2.05, 4.69) is 5.10 Å². The molecule has 0 spiro atoms. The summed E-state index contributed by atoms with van der Waals surface area (Å²) in [5, 5.41) is 4.61. The molecule has 168 valence electrons. The van der Waals surface area contributed by atoms with Crippen molar-refractivity contribution in [3.05, 3.63) is 90.5 Å². The van der Waals surface area contributed by atoms with Crippen LogP contribution in [-0.2, 0) is 16.1 Å². The lowest BCUT2D eigenvalue weighted by Gasteiger charge is -2.15. The second-order valence-electron chi connectivity index (χ2n) is 7.31. The number of furan rings is 1. The fourth-order valence-corrected chi connectivity index (χ4v) is 3.26. The molecule has 2 aromatic carbocycles. The summed E-state index contributed by atoms with van der Waals surface area (Å²) < 4.78 is 17.5. The molecule has 8 heteroatoms. The highest BCUT2D eigenvalue weighted by molar-refractivity contribution is 5.97. The van der Waals surface area contributed by atoms with Crippen LogP contribution in [0, 0.1) is 0 Å². The summed E-state index contributed by atoms with van der Waals surface area (Å²) in [5.41, 5.74) is 2.15. The van der Waals surface area contributed by atoms with E-state index in [1.165, 1.54) is 11.2 Å². The topological polar surface area (TPSA) is 86.8 Å². The Kier molecular flexibility index (Phi) is 6.54. The minimum absolute atomic E-state index is 0.244. The zero-order valence-corrected chi connectivity index (χ0v) is 18.3. The average molecular weight is 445 g/mol. The molecule has 2 heterocycles. The molecule has 8 nitrogen and oxygen atoms in total. The molecule has 0 aliphatic rings. The summed E-state index contributed by atoms with van der Waals surface area (Å²) in [6, 6.07) is 20.2. The number of para-hydroxylation sites is 1. The highest BCUT2D eigenvalue weighted by atomic mass is 16.5. The highest BCUT2D eigenvalue weighted by Crippen LogP contribution is 2.27. The smallest absolute Gasteiger partial charge is 0.342 e. The molecule has 0 radical (unpaired) electrons. The van der Waals surface area contributed by atoms with Crippen molar-refractivity contribution in [2.75, 3.05) is 20.8 Å². The molecule has 4 aromatic rings. The number of methoxy groups -OCH3 is 1. The number of esters is 1. The lowest BCUT2D eigenvalue weighted by molar-refractivity contribution is -0.133. The Bertz CT molecular complexity index is 1230. The normalized spacial score (nSPS) is 10.6. The molecule has 0 aliphatic carbocycles. The number of carbonyl (C=O) groups excluding carboxylic acids is 2. The van der Waals surface area contributed by atoms with Crippen molar-refractivity contribution in [1.82, 2.24) is 14.7 Å². The third-order valence-corrected chi connectivity index (χ3v) is 5.02. The van der Waals surface area contributed by atoms with Gasteiger partial charge in [-0.2, -0.15) is 5.10 Å². The summed E-state index contributed by atoms with van der Waals surface area (Å²) >= 11 is 0. The van der Waals surface area contributed by atoms with Crippen LogP contribution in [-0.4, -0.2) is 47.3 Å². The molecule has 0 aliphatic heterocycles. The molecule has 0 fully saturated rings. The van der Waals surface area contributed by atoms with E-state index in [0.717, 1.165) is 5.69 Å². The Morgan fingerprint density at radius 1 is 1.06 bits per heavy atom. The van der Waals surface area contributed by atoms with Crippen molar-refractivity contribution < 1.29 is 23.5 Å². The zero-order valence-electron chi connectivity index (χ0n) is 18.3. The summed E-state index contributed by atoms with van der Waals surface area (Å²) in [5.74, 6) is 0.283. The van der Waals surface area contributed by atoms with Crippen LogP contribution in [0.25, 0.3) is 16.9 Å². The standard InChI is InChI=1S/C25H23N3O5/c1-27(15-21-12-7-13-32-21)23(29)17-33-25(30)22-16-28(19-9-4-3-5-10-19)26-24(22)18-8-6-11-20(14-18)31-2/h3-14,16H,15,17H2,1-2H3. The van der Waals surface area contributed by atoms with Gasteiger partial charge in [-0.05, 0) is 36.4 Å². The van der Waals surface area contributed by atoms with Crippen molar-refractivity contribution in [2.45, 2.75) is 6.54 Å². The Morgan fingerprint density at radius 2 is 1.88 bits per heavy atom. The van der Waals surface area contributed by atoms with E-state index in [9.17, 15) is 9.59 Å². The molecular formula is C25H23N3O5. The van der Waals surface area contributed by atoms with E-state index < -0.39 is 12.6 Å². The minimum Gasteiger partial charge on any atom is -0.497 e. The predicted molar refractivity (Wildman–Crippen MR) is 121 cm³/mol. The predicted octanol–water partition coefficient (Wildman–Crippen LogP) is 3.96. The first-order valence-electron chi connectivity index (χ1n) is 10.3. The Labute approximate surface area is 191 Å². The highest BCUT2D eigenvalue weighted by Gasteiger charge is 2.22. The van der Waals surface area contributed by atoms with E-state index in [0.29, 0.717) is 22.8 Å². The van der Waals surface area contributed by atoms with Gasteiger partial charge in [-0.15, -0.1) is 0 Å². The molecule has 0 unspecified atom stereocenters. The Balaban J connectivity index is 1.56. The molecule has 1 amide bonds. The maximum absolute atomic E-state index is 13.0. The maximum atomic E-state index is 13.0. The number of rotatable bonds is 8. The van der Waals surface area contributed by atoms with E-state index in [1.807, 2.05) is 48.5 Å². The molecule has 0 atom stereocenters. The van der Waals surface area contributed by atoms with Crippen LogP contribution >= 0.6 is 0 Å². The average Bonchev–Trinajstić information content (AvgIpc) is 3.53. The molecule has 0 saturated heterocycles. The number of amides is 1. The molecule has 0 N–H and O–H groups in total. The summed E-state index contributed by atoms with van der Waals surface area (Å²) in [6.45, 7) is -0.117. The Hall–Kier alpha value is -4.33. The molecule has 2 aromatic heterocycles. The third-order valence-electron chi connectivity index (χ3n) is 5.02. The van der Waals surface area contributed by atoms with Crippen molar-refractivity contribution >= 4 is 11.9 Å². The van der Waals surface area contributed by atoms with E-state index in [1.54, 1.807) is 43.2 Å². The van der Waals surface area contributed by atoms with Crippen LogP contribution in [0.3, 0.4) is 0 Å². The lowest BCUT2D eigenvalue weighted by atomic mass is 10.1. The molecule has 4 rings (SSSR count). The van der Waals surface area contributed by atoms with Gasteiger partial charge in [-0.3, -0.25) is 4.79 Å². The van der Waals surface area contributed by atoms with Gasteiger partial charge in [0.15, 0.2) is 6.61 Å². The molecular weight excluding hydrogens is 422 g/mol. The molecule has 0 bridgehead atoms. The number of ether oxygens (including phenoxy) is 2.